The van der Waals surface area contributed by atoms with Gasteiger partial charge in [0, 0.05) is 24.3 Å². The maximum Gasteiger partial charge on any atom is 0.150 e. The number of hydrogen-bond donors (Lipinski definition) is 0. The van der Waals surface area contributed by atoms with E-state index >= 15 is 0 Å². The number of carbonyl (C=O) groups is 1. The molecule has 0 spiro atoms. The minimum Gasteiger partial charge on any atom is -0.371 e. The zero-order chi connectivity index (χ0) is 13.2. The van der Waals surface area contributed by atoms with Crippen molar-refractivity contribution in [3.63, 3.8) is 0 Å². The molecular weight excluding hydrogens is 234 g/mol. The Balaban J connectivity index is 1.77. The summed E-state index contributed by atoms with van der Waals surface area (Å²) in [5.41, 5.74) is 3.35. The van der Waals surface area contributed by atoms with Crippen LogP contribution in [0.25, 0.3) is 0 Å². The number of aldehydes is 1. The molecule has 1 aliphatic carbocycles. The lowest BCUT2D eigenvalue weighted by molar-refractivity contribution is 0.112. The van der Waals surface area contributed by atoms with E-state index in [1.54, 1.807) is 0 Å². The van der Waals surface area contributed by atoms with Gasteiger partial charge >= 0.3 is 0 Å². The van der Waals surface area contributed by atoms with Gasteiger partial charge in [0.25, 0.3) is 0 Å². The third-order valence-corrected chi connectivity index (χ3v) is 4.99. The van der Waals surface area contributed by atoms with Crippen LogP contribution in [-0.4, -0.2) is 19.4 Å². The molecule has 1 saturated heterocycles. The summed E-state index contributed by atoms with van der Waals surface area (Å²) < 4.78 is 0. The van der Waals surface area contributed by atoms with Gasteiger partial charge in [-0.05, 0) is 55.4 Å². The van der Waals surface area contributed by atoms with E-state index in [1.807, 2.05) is 12.1 Å². The highest BCUT2D eigenvalue weighted by Gasteiger charge is 2.31. The molecule has 1 aromatic carbocycles. The van der Waals surface area contributed by atoms with Crippen LogP contribution in [-0.2, 0) is 0 Å². The lowest BCUT2D eigenvalue weighted by atomic mass is 9.75. The lowest BCUT2D eigenvalue weighted by Gasteiger charge is -2.42. The molecule has 1 aromatic rings. The highest BCUT2D eigenvalue weighted by molar-refractivity contribution is 5.77. The summed E-state index contributed by atoms with van der Waals surface area (Å²) in [6, 6.07) is 6.08. The molecule has 2 atom stereocenters. The third-order valence-electron chi connectivity index (χ3n) is 4.99. The SMILES string of the molecule is Cc1cc(C=O)ccc1N1CCC2CCCCC2C1. The van der Waals surface area contributed by atoms with Crippen molar-refractivity contribution < 1.29 is 4.79 Å². The molecule has 0 bridgehead atoms. The van der Waals surface area contributed by atoms with E-state index in [2.05, 4.69) is 17.9 Å². The minimum absolute atomic E-state index is 0.786. The molecular formula is C17H23NO. The molecule has 2 unspecified atom stereocenters. The van der Waals surface area contributed by atoms with Crippen LogP contribution in [0.5, 0.6) is 0 Å². The largest absolute Gasteiger partial charge is 0.371 e. The maximum absolute atomic E-state index is 10.8. The van der Waals surface area contributed by atoms with E-state index < -0.39 is 0 Å². The number of fused-ring (bicyclic) bond motifs is 1. The summed E-state index contributed by atoms with van der Waals surface area (Å²) >= 11 is 0. The fourth-order valence-electron chi connectivity index (χ4n) is 3.93. The molecule has 2 aliphatic rings. The topological polar surface area (TPSA) is 20.3 Å². The first-order valence-corrected chi connectivity index (χ1v) is 7.58. The van der Waals surface area contributed by atoms with Crippen molar-refractivity contribution in [3.8, 4) is 0 Å². The van der Waals surface area contributed by atoms with Crippen molar-refractivity contribution in [2.75, 3.05) is 18.0 Å². The van der Waals surface area contributed by atoms with E-state index in [0.717, 1.165) is 23.7 Å². The van der Waals surface area contributed by atoms with E-state index in [-0.39, 0.29) is 0 Å². The van der Waals surface area contributed by atoms with E-state index in [4.69, 9.17) is 0 Å². The van der Waals surface area contributed by atoms with Crippen molar-refractivity contribution in [3.05, 3.63) is 29.3 Å². The van der Waals surface area contributed by atoms with Gasteiger partial charge in [0.2, 0.25) is 0 Å². The number of benzene rings is 1. The first-order chi connectivity index (χ1) is 9.28. The minimum atomic E-state index is 0.786. The second kappa shape index (κ2) is 5.36. The number of nitrogens with zero attached hydrogens (tertiary/aromatic N) is 1. The third kappa shape index (κ3) is 2.54. The monoisotopic (exact) mass is 257 g/mol. The highest BCUT2D eigenvalue weighted by atomic mass is 16.1. The van der Waals surface area contributed by atoms with Crippen molar-refractivity contribution in [1.82, 2.24) is 0 Å². The number of carbonyl (C=O) groups excluding carboxylic acids is 1. The van der Waals surface area contributed by atoms with Crippen LogP contribution in [0.3, 0.4) is 0 Å². The molecule has 3 rings (SSSR count). The van der Waals surface area contributed by atoms with Gasteiger partial charge in [0.1, 0.15) is 6.29 Å². The second-order valence-electron chi connectivity index (χ2n) is 6.20. The Morgan fingerprint density at radius 1 is 1.16 bits per heavy atom. The summed E-state index contributed by atoms with van der Waals surface area (Å²) in [4.78, 5) is 13.4. The average Bonchev–Trinajstić information content (AvgIpc) is 2.46. The highest BCUT2D eigenvalue weighted by Crippen LogP contribution is 2.38. The second-order valence-corrected chi connectivity index (χ2v) is 6.20. The summed E-state index contributed by atoms with van der Waals surface area (Å²) in [6.45, 7) is 4.52. The van der Waals surface area contributed by atoms with Crippen LogP contribution in [0, 0.1) is 18.8 Å². The fraction of sp³-hybridized carbons (Fsp3) is 0.588. The molecule has 19 heavy (non-hydrogen) atoms. The van der Waals surface area contributed by atoms with Gasteiger partial charge in [-0.3, -0.25) is 4.79 Å². The van der Waals surface area contributed by atoms with Crippen LogP contribution in [0.15, 0.2) is 18.2 Å². The molecule has 0 aromatic heterocycles. The van der Waals surface area contributed by atoms with Gasteiger partial charge in [0.15, 0.2) is 0 Å². The summed E-state index contributed by atoms with van der Waals surface area (Å²) in [6.07, 6.45) is 7.99. The Labute approximate surface area is 115 Å². The molecule has 2 fully saturated rings. The zero-order valence-corrected chi connectivity index (χ0v) is 11.8. The normalized spacial score (nSPS) is 26.9. The van der Waals surface area contributed by atoms with Gasteiger partial charge in [-0.15, -0.1) is 0 Å². The van der Waals surface area contributed by atoms with Crippen molar-refractivity contribution in [1.29, 1.82) is 0 Å². The zero-order valence-electron chi connectivity index (χ0n) is 11.8. The molecule has 102 valence electrons. The van der Waals surface area contributed by atoms with Gasteiger partial charge in [-0.25, -0.2) is 0 Å². The molecule has 0 N–H and O–H groups in total. The Kier molecular flexibility index (Phi) is 3.58. The molecule has 0 radical (unpaired) electrons. The predicted octanol–water partition coefficient (Wildman–Crippen LogP) is 3.82. The standard InChI is InChI=1S/C17H23NO/c1-13-10-14(12-19)6-7-17(13)18-9-8-15-4-2-3-5-16(15)11-18/h6-7,10,12,15-16H,2-5,8-9,11H2,1H3. The van der Waals surface area contributed by atoms with Crippen LogP contribution in [0.1, 0.15) is 48.0 Å². The van der Waals surface area contributed by atoms with Gasteiger partial charge in [0.05, 0.1) is 0 Å². The molecule has 2 nitrogen and oxygen atoms in total. The van der Waals surface area contributed by atoms with Crippen LogP contribution >= 0.6 is 0 Å². The Morgan fingerprint density at radius 3 is 2.68 bits per heavy atom. The maximum atomic E-state index is 10.8. The Bertz CT molecular complexity index is 468. The van der Waals surface area contributed by atoms with E-state index in [0.29, 0.717) is 0 Å². The summed E-state index contributed by atoms with van der Waals surface area (Å²) in [5, 5.41) is 0. The number of piperidine rings is 1. The number of hydrogen-bond acceptors (Lipinski definition) is 2. The van der Waals surface area contributed by atoms with Crippen LogP contribution in [0.4, 0.5) is 5.69 Å². The van der Waals surface area contributed by atoms with E-state index in [1.165, 1.54) is 56.4 Å². The smallest absolute Gasteiger partial charge is 0.150 e. The molecule has 1 heterocycles. The van der Waals surface area contributed by atoms with Gasteiger partial charge in [-0.1, -0.05) is 19.3 Å². The Morgan fingerprint density at radius 2 is 1.95 bits per heavy atom. The fourth-order valence-corrected chi connectivity index (χ4v) is 3.93. The lowest BCUT2D eigenvalue weighted by Crippen LogP contribution is -2.42. The van der Waals surface area contributed by atoms with Crippen molar-refractivity contribution in [2.24, 2.45) is 11.8 Å². The van der Waals surface area contributed by atoms with Crippen LogP contribution < -0.4 is 4.90 Å². The molecule has 2 heteroatoms. The van der Waals surface area contributed by atoms with Crippen molar-refractivity contribution in [2.45, 2.75) is 39.0 Å². The molecule has 1 aliphatic heterocycles. The first-order valence-electron chi connectivity index (χ1n) is 7.58. The van der Waals surface area contributed by atoms with Crippen LogP contribution in [0.2, 0.25) is 0 Å². The molecule has 1 saturated carbocycles. The molecule has 0 amide bonds. The van der Waals surface area contributed by atoms with E-state index in [9.17, 15) is 4.79 Å². The van der Waals surface area contributed by atoms with Crippen molar-refractivity contribution >= 4 is 12.0 Å². The quantitative estimate of drug-likeness (QED) is 0.751. The predicted molar refractivity (Wildman–Crippen MR) is 78.8 cm³/mol. The Hall–Kier alpha value is -1.31. The summed E-state index contributed by atoms with van der Waals surface area (Å²) in [7, 11) is 0. The number of anilines is 1. The van der Waals surface area contributed by atoms with Gasteiger partial charge < -0.3 is 4.90 Å². The average molecular weight is 257 g/mol. The summed E-state index contributed by atoms with van der Waals surface area (Å²) in [5.74, 6) is 1.87. The first kappa shape index (κ1) is 12.7. The number of aryl methyl sites for hydroxylation is 1. The number of rotatable bonds is 2. The van der Waals surface area contributed by atoms with Gasteiger partial charge in [-0.2, -0.15) is 0 Å².